The summed E-state index contributed by atoms with van der Waals surface area (Å²) in [5.41, 5.74) is 0.470. The molecule has 0 aliphatic carbocycles. The van der Waals surface area contributed by atoms with E-state index in [9.17, 15) is 13.6 Å². The van der Waals surface area contributed by atoms with E-state index in [4.69, 9.17) is 11.6 Å². The zero-order valence-electron chi connectivity index (χ0n) is 9.29. The predicted octanol–water partition coefficient (Wildman–Crippen LogP) is 4.04. The summed E-state index contributed by atoms with van der Waals surface area (Å²) in [7, 11) is 0. The van der Waals surface area contributed by atoms with Crippen molar-refractivity contribution in [2.24, 2.45) is 0 Å². The highest BCUT2D eigenvalue weighted by molar-refractivity contribution is 6.30. The first-order chi connectivity index (χ1) is 8.58. The summed E-state index contributed by atoms with van der Waals surface area (Å²) in [5.74, 6) is -1.55. The van der Waals surface area contributed by atoms with Crippen molar-refractivity contribution < 1.29 is 13.6 Å². The molecule has 0 atom stereocenters. The molecule has 2 aromatic carbocycles. The average molecular weight is 267 g/mol. The van der Waals surface area contributed by atoms with Crippen LogP contribution in [0.15, 0.2) is 42.5 Å². The van der Waals surface area contributed by atoms with Gasteiger partial charge in [-0.3, -0.25) is 4.79 Å². The molecule has 18 heavy (non-hydrogen) atoms. The van der Waals surface area contributed by atoms with Gasteiger partial charge < -0.3 is 0 Å². The van der Waals surface area contributed by atoms with Crippen LogP contribution in [0.4, 0.5) is 8.78 Å². The topological polar surface area (TPSA) is 17.1 Å². The van der Waals surface area contributed by atoms with Gasteiger partial charge in [0.15, 0.2) is 5.78 Å². The number of carbonyl (C=O) groups excluding carboxylic acids is 1. The maximum absolute atomic E-state index is 13.4. The standard InChI is InChI=1S/C14H9ClF2O/c15-11-6-5-9(7-13(11)17)8-14(18)10-3-1-2-4-12(10)16/h1-7H,8H2. The minimum Gasteiger partial charge on any atom is -0.294 e. The van der Waals surface area contributed by atoms with Crippen LogP contribution in [0.25, 0.3) is 0 Å². The zero-order chi connectivity index (χ0) is 13.1. The Morgan fingerprint density at radius 2 is 1.78 bits per heavy atom. The molecule has 0 aromatic heterocycles. The lowest BCUT2D eigenvalue weighted by atomic mass is 10.0. The Morgan fingerprint density at radius 1 is 1.06 bits per heavy atom. The number of Topliss-reactive ketones (excluding diaryl/α,β-unsaturated/α-hetero) is 1. The SMILES string of the molecule is O=C(Cc1ccc(Cl)c(F)c1)c1ccccc1F. The fourth-order valence-corrected chi connectivity index (χ4v) is 1.74. The fourth-order valence-electron chi connectivity index (χ4n) is 1.62. The molecule has 0 aliphatic heterocycles. The number of hydrogen-bond donors (Lipinski definition) is 0. The second-order valence-electron chi connectivity index (χ2n) is 3.83. The fraction of sp³-hybridized carbons (Fsp3) is 0.0714. The average Bonchev–Trinajstić information content (AvgIpc) is 2.34. The largest absolute Gasteiger partial charge is 0.294 e. The minimum absolute atomic E-state index is 0.00269. The highest BCUT2D eigenvalue weighted by Crippen LogP contribution is 2.17. The summed E-state index contributed by atoms with van der Waals surface area (Å²) < 4.78 is 26.6. The molecule has 1 nitrogen and oxygen atoms in total. The van der Waals surface area contributed by atoms with Gasteiger partial charge in [-0.2, -0.15) is 0 Å². The predicted molar refractivity (Wildman–Crippen MR) is 65.8 cm³/mol. The van der Waals surface area contributed by atoms with Crippen molar-refractivity contribution >= 4 is 17.4 Å². The van der Waals surface area contributed by atoms with Crippen LogP contribution in [-0.2, 0) is 6.42 Å². The minimum atomic E-state index is -0.587. The van der Waals surface area contributed by atoms with E-state index >= 15 is 0 Å². The van der Waals surface area contributed by atoms with E-state index in [1.807, 2.05) is 0 Å². The van der Waals surface area contributed by atoms with Crippen molar-refractivity contribution in [2.75, 3.05) is 0 Å². The molecule has 0 fully saturated rings. The van der Waals surface area contributed by atoms with Gasteiger partial charge in [-0.15, -0.1) is 0 Å². The van der Waals surface area contributed by atoms with Gasteiger partial charge in [0.1, 0.15) is 11.6 Å². The Balaban J connectivity index is 2.22. The molecule has 0 spiro atoms. The van der Waals surface area contributed by atoms with Crippen molar-refractivity contribution in [3.8, 4) is 0 Å². The van der Waals surface area contributed by atoms with Crippen molar-refractivity contribution in [3.05, 3.63) is 70.2 Å². The first-order valence-electron chi connectivity index (χ1n) is 5.29. The molecule has 0 heterocycles. The van der Waals surface area contributed by atoms with Crippen LogP contribution in [0.1, 0.15) is 15.9 Å². The van der Waals surface area contributed by atoms with Crippen molar-refractivity contribution in [3.63, 3.8) is 0 Å². The summed E-state index contributed by atoms with van der Waals surface area (Å²) in [6.45, 7) is 0. The Kier molecular flexibility index (Phi) is 3.72. The summed E-state index contributed by atoms with van der Waals surface area (Å²) in [5, 5.41) is -0.00269. The number of benzene rings is 2. The lowest BCUT2D eigenvalue weighted by Crippen LogP contribution is -2.06. The molecule has 0 radical (unpaired) electrons. The highest BCUT2D eigenvalue weighted by atomic mass is 35.5. The number of carbonyl (C=O) groups is 1. The number of ketones is 1. The lowest BCUT2D eigenvalue weighted by Gasteiger charge is -2.03. The lowest BCUT2D eigenvalue weighted by molar-refractivity contribution is 0.0989. The molecule has 2 aromatic rings. The third kappa shape index (κ3) is 2.74. The van der Waals surface area contributed by atoms with Crippen molar-refractivity contribution in [2.45, 2.75) is 6.42 Å². The summed E-state index contributed by atoms with van der Waals surface area (Å²) >= 11 is 5.54. The van der Waals surface area contributed by atoms with E-state index in [-0.39, 0.29) is 17.0 Å². The number of halogens is 3. The second kappa shape index (κ2) is 5.27. The van der Waals surface area contributed by atoms with E-state index < -0.39 is 17.4 Å². The Hall–Kier alpha value is -1.74. The van der Waals surface area contributed by atoms with Crippen LogP contribution in [0.5, 0.6) is 0 Å². The van der Waals surface area contributed by atoms with E-state index in [0.29, 0.717) is 5.56 Å². The molecule has 0 bridgehead atoms. The first kappa shape index (κ1) is 12.7. The maximum Gasteiger partial charge on any atom is 0.170 e. The third-order valence-corrected chi connectivity index (χ3v) is 2.83. The maximum atomic E-state index is 13.4. The van der Waals surface area contributed by atoms with E-state index in [2.05, 4.69) is 0 Å². The second-order valence-corrected chi connectivity index (χ2v) is 4.24. The summed E-state index contributed by atoms with van der Waals surface area (Å²) in [6, 6.07) is 9.82. The van der Waals surface area contributed by atoms with Gasteiger partial charge in [0, 0.05) is 6.42 Å². The molecule has 0 aliphatic rings. The zero-order valence-corrected chi connectivity index (χ0v) is 10.0. The van der Waals surface area contributed by atoms with Crippen LogP contribution in [0.3, 0.4) is 0 Å². The van der Waals surface area contributed by atoms with Crippen molar-refractivity contribution in [1.82, 2.24) is 0 Å². The molecular formula is C14H9ClF2O. The number of hydrogen-bond acceptors (Lipinski definition) is 1. The quantitative estimate of drug-likeness (QED) is 0.766. The molecule has 2 rings (SSSR count). The van der Waals surface area contributed by atoms with Gasteiger partial charge in [-0.05, 0) is 29.8 Å². The first-order valence-corrected chi connectivity index (χ1v) is 5.67. The molecule has 0 amide bonds. The van der Waals surface area contributed by atoms with Gasteiger partial charge in [-0.1, -0.05) is 29.8 Å². The molecule has 92 valence electrons. The summed E-state index contributed by atoms with van der Waals surface area (Å²) in [4.78, 5) is 11.8. The van der Waals surface area contributed by atoms with Crippen LogP contribution >= 0.6 is 11.6 Å². The molecule has 0 unspecified atom stereocenters. The Bertz CT molecular complexity index is 596. The number of rotatable bonds is 3. The Labute approximate surface area is 108 Å². The molecule has 4 heteroatoms. The normalized spacial score (nSPS) is 10.4. The van der Waals surface area contributed by atoms with E-state index in [0.717, 1.165) is 0 Å². The van der Waals surface area contributed by atoms with Gasteiger partial charge in [0.25, 0.3) is 0 Å². The van der Waals surface area contributed by atoms with E-state index in [1.165, 1.54) is 30.3 Å². The van der Waals surface area contributed by atoms with Gasteiger partial charge in [-0.25, -0.2) is 8.78 Å². The van der Waals surface area contributed by atoms with E-state index in [1.54, 1.807) is 12.1 Å². The molecule has 0 N–H and O–H groups in total. The third-order valence-electron chi connectivity index (χ3n) is 2.52. The molecular weight excluding hydrogens is 258 g/mol. The molecule has 0 saturated heterocycles. The van der Waals surface area contributed by atoms with Gasteiger partial charge in [0.2, 0.25) is 0 Å². The monoisotopic (exact) mass is 266 g/mol. The Morgan fingerprint density at radius 3 is 2.44 bits per heavy atom. The molecule has 0 saturated carbocycles. The van der Waals surface area contributed by atoms with Crippen LogP contribution in [0.2, 0.25) is 5.02 Å². The summed E-state index contributed by atoms with van der Waals surface area (Å²) in [6.07, 6.45) is -0.0605. The van der Waals surface area contributed by atoms with Crippen LogP contribution in [-0.4, -0.2) is 5.78 Å². The smallest absolute Gasteiger partial charge is 0.170 e. The van der Waals surface area contributed by atoms with Crippen molar-refractivity contribution in [1.29, 1.82) is 0 Å². The van der Waals surface area contributed by atoms with Gasteiger partial charge in [0.05, 0.1) is 10.6 Å². The van der Waals surface area contributed by atoms with Crippen LogP contribution in [0, 0.1) is 11.6 Å². The van der Waals surface area contributed by atoms with Crippen LogP contribution < -0.4 is 0 Å². The highest BCUT2D eigenvalue weighted by Gasteiger charge is 2.12. The van der Waals surface area contributed by atoms with Gasteiger partial charge >= 0.3 is 0 Å².